The van der Waals surface area contributed by atoms with Crippen LogP contribution >= 0.6 is 0 Å². The zero-order chi connectivity index (χ0) is 13.9. The second-order valence-electron chi connectivity index (χ2n) is 5.76. The number of rotatable bonds is 1. The van der Waals surface area contributed by atoms with Crippen molar-refractivity contribution in [1.29, 1.82) is 0 Å². The fourth-order valence-electron chi connectivity index (χ4n) is 3.39. The summed E-state index contributed by atoms with van der Waals surface area (Å²) in [5, 5.41) is 0. The van der Waals surface area contributed by atoms with Gasteiger partial charge in [0.2, 0.25) is 0 Å². The molecule has 0 spiro atoms. The molecule has 0 N–H and O–H groups in total. The smallest absolute Gasteiger partial charge is 0.299 e. The third-order valence-corrected chi connectivity index (χ3v) is 4.49. The molecule has 3 aliphatic heterocycles. The van der Waals surface area contributed by atoms with Gasteiger partial charge in [0.25, 0.3) is 11.7 Å². The van der Waals surface area contributed by atoms with E-state index < -0.39 is 11.7 Å². The predicted molar refractivity (Wildman–Crippen MR) is 74.3 cm³/mol. The molecule has 5 heteroatoms. The van der Waals surface area contributed by atoms with Crippen molar-refractivity contribution >= 4 is 23.1 Å². The lowest BCUT2D eigenvalue weighted by Gasteiger charge is -2.34. The van der Waals surface area contributed by atoms with Gasteiger partial charge < -0.3 is 14.5 Å². The normalized spacial score (nSPS) is 28.2. The fraction of sp³-hybridized carbons (Fsp3) is 0.467. The van der Waals surface area contributed by atoms with Gasteiger partial charge in [0.05, 0.1) is 23.5 Å². The first-order valence-corrected chi connectivity index (χ1v) is 7.00. The Morgan fingerprint density at radius 1 is 1.15 bits per heavy atom. The molecule has 0 saturated carbocycles. The topological polar surface area (TPSA) is 49.9 Å². The van der Waals surface area contributed by atoms with Crippen molar-refractivity contribution in [2.24, 2.45) is 0 Å². The third-order valence-electron chi connectivity index (χ3n) is 4.49. The summed E-state index contributed by atoms with van der Waals surface area (Å²) in [6.07, 6.45) is 2.90. The quantitative estimate of drug-likeness (QED) is 0.721. The highest BCUT2D eigenvalue weighted by Gasteiger charge is 2.36. The Morgan fingerprint density at radius 2 is 1.85 bits per heavy atom. The number of nitrogens with zero attached hydrogens (tertiary/aromatic N) is 2. The van der Waals surface area contributed by atoms with E-state index >= 15 is 0 Å². The van der Waals surface area contributed by atoms with E-state index in [1.165, 1.54) is 4.90 Å². The number of carbonyl (C=O) groups excluding carboxylic acids is 2. The van der Waals surface area contributed by atoms with Crippen molar-refractivity contribution in [2.75, 3.05) is 29.9 Å². The Labute approximate surface area is 117 Å². The van der Waals surface area contributed by atoms with E-state index in [0.717, 1.165) is 37.3 Å². The molecule has 2 bridgehead atoms. The standard InChI is InChI=1S/C15H16N2O3/c1-16-13-6-9(2-5-12(13)14(18)15(16)19)17-7-10-3-4-11(8-17)20-10/h2,5-6,10-11H,3-4,7-8H2,1H3. The molecule has 2 atom stereocenters. The summed E-state index contributed by atoms with van der Waals surface area (Å²) in [5.41, 5.74) is 2.30. The van der Waals surface area contributed by atoms with Gasteiger partial charge >= 0.3 is 0 Å². The molecule has 3 heterocycles. The summed E-state index contributed by atoms with van der Waals surface area (Å²) < 4.78 is 5.84. The van der Waals surface area contributed by atoms with Gasteiger partial charge in [-0.1, -0.05) is 0 Å². The van der Waals surface area contributed by atoms with E-state index in [-0.39, 0.29) is 0 Å². The molecule has 0 radical (unpaired) electrons. The van der Waals surface area contributed by atoms with Gasteiger partial charge in [-0.3, -0.25) is 9.59 Å². The number of Topliss-reactive ketones (excluding diaryl/α,β-unsaturated/α-hetero) is 1. The van der Waals surface area contributed by atoms with Gasteiger partial charge in [-0.2, -0.15) is 0 Å². The molecule has 5 nitrogen and oxygen atoms in total. The summed E-state index contributed by atoms with van der Waals surface area (Å²) in [7, 11) is 1.65. The van der Waals surface area contributed by atoms with Crippen LogP contribution in [0.4, 0.5) is 11.4 Å². The van der Waals surface area contributed by atoms with E-state index in [1.54, 1.807) is 13.1 Å². The molecule has 1 amide bonds. The number of ether oxygens (including phenoxy) is 1. The van der Waals surface area contributed by atoms with Crippen molar-refractivity contribution < 1.29 is 14.3 Å². The van der Waals surface area contributed by atoms with Gasteiger partial charge in [-0.05, 0) is 31.0 Å². The number of likely N-dealkylation sites (N-methyl/N-ethyl adjacent to an activating group) is 1. The van der Waals surface area contributed by atoms with Gasteiger partial charge in [0, 0.05) is 25.8 Å². The Balaban J connectivity index is 1.68. The third kappa shape index (κ3) is 1.59. The maximum absolute atomic E-state index is 11.8. The molecule has 4 rings (SSSR count). The van der Waals surface area contributed by atoms with Crippen molar-refractivity contribution in [3.63, 3.8) is 0 Å². The van der Waals surface area contributed by atoms with Crippen LogP contribution in [0.3, 0.4) is 0 Å². The summed E-state index contributed by atoms with van der Waals surface area (Å²) >= 11 is 0. The van der Waals surface area contributed by atoms with Gasteiger partial charge in [0.1, 0.15) is 0 Å². The lowest BCUT2D eigenvalue weighted by Crippen LogP contribution is -2.42. The molecule has 3 aliphatic rings. The molecule has 2 saturated heterocycles. The Kier molecular flexibility index (Phi) is 2.41. The van der Waals surface area contributed by atoms with E-state index in [4.69, 9.17) is 4.74 Å². The molecular formula is C15H16N2O3. The van der Waals surface area contributed by atoms with E-state index in [1.807, 2.05) is 12.1 Å². The maximum Gasteiger partial charge on any atom is 0.299 e. The monoisotopic (exact) mass is 272 g/mol. The van der Waals surface area contributed by atoms with Crippen LogP contribution in [0.2, 0.25) is 0 Å². The summed E-state index contributed by atoms with van der Waals surface area (Å²) in [6.45, 7) is 1.78. The minimum atomic E-state index is -0.445. The molecule has 1 aromatic rings. The van der Waals surface area contributed by atoms with Gasteiger partial charge in [-0.25, -0.2) is 0 Å². The summed E-state index contributed by atoms with van der Waals surface area (Å²) in [5.74, 6) is -0.852. The lowest BCUT2D eigenvalue weighted by atomic mass is 10.1. The van der Waals surface area contributed by atoms with Crippen LogP contribution in [-0.4, -0.2) is 44.0 Å². The number of anilines is 2. The highest BCUT2D eigenvalue weighted by molar-refractivity contribution is 6.52. The number of fused-ring (bicyclic) bond motifs is 3. The largest absolute Gasteiger partial charge is 0.371 e. The molecule has 0 aromatic heterocycles. The number of amides is 1. The molecular weight excluding hydrogens is 256 g/mol. The minimum absolute atomic E-state index is 0.322. The number of hydrogen-bond donors (Lipinski definition) is 0. The van der Waals surface area contributed by atoms with Crippen molar-refractivity contribution in [1.82, 2.24) is 0 Å². The molecule has 2 fully saturated rings. The molecule has 104 valence electrons. The number of benzene rings is 1. The zero-order valence-electron chi connectivity index (χ0n) is 11.3. The van der Waals surface area contributed by atoms with Crippen molar-refractivity contribution in [3.05, 3.63) is 23.8 Å². The highest BCUT2D eigenvalue weighted by Crippen LogP contribution is 2.35. The average Bonchev–Trinajstić information content (AvgIpc) is 2.91. The maximum atomic E-state index is 11.8. The second-order valence-corrected chi connectivity index (χ2v) is 5.76. The van der Waals surface area contributed by atoms with Crippen LogP contribution in [-0.2, 0) is 9.53 Å². The van der Waals surface area contributed by atoms with Crippen LogP contribution in [0.15, 0.2) is 18.2 Å². The van der Waals surface area contributed by atoms with E-state index in [0.29, 0.717) is 17.8 Å². The number of ketones is 1. The second kappa shape index (κ2) is 4.06. The zero-order valence-corrected chi connectivity index (χ0v) is 11.3. The van der Waals surface area contributed by atoms with Crippen LogP contribution in [0.25, 0.3) is 0 Å². The lowest BCUT2D eigenvalue weighted by molar-refractivity contribution is -0.114. The molecule has 0 aliphatic carbocycles. The van der Waals surface area contributed by atoms with Crippen molar-refractivity contribution in [3.8, 4) is 0 Å². The average molecular weight is 272 g/mol. The molecule has 20 heavy (non-hydrogen) atoms. The van der Waals surface area contributed by atoms with E-state index in [2.05, 4.69) is 4.90 Å². The first-order valence-electron chi connectivity index (χ1n) is 7.00. The van der Waals surface area contributed by atoms with Crippen LogP contribution in [0.5, 0.6) is 0 Å². The highest BCUT2D eigenvalue weighted by atomic mass is 16.5. The summed E-state index contributed by atoms with van der Waals surface area (Å²) in [4.78, 5) is 27.2. The summed E-state index contributed by atoms with van der Waals surface area (Å²) in [6, 6.07) is 5.66. The fourth-order valence-corrected chi connectivity index (χ4v) is 3.39. The first-order chi connectivity index (χ1) is 9.63. The van der Waals surface area contributed by atoms with Crippen LogP contribution in [0, 0.1) is 0 Å². The number of hydrogen-bond acceptors (Lipinski definition) is 4. The molecule has 1 aromatic carbocycles. The first kappa shape index (κ1) is 11.9. The minimum Gasteiger partial charge on any atom is -0.371 e. The van der Waals surface area contributed by atoms with Crippen LogP contribution in [0.1, 0.15) is 23.2 Å². The Bertz CT molecular complexity index is 601. The van der Waals surface area contributed by atoms with Crippen LogP contribution < -0.4 is 9.80 Å². The van der Waals surface area contributed by atoms with Gasteiger partial charge in [-0.15, -0.1) is 0 Å². The van der Waals surface area contributed by atoms with Crippen molar-refractivity contribution in [2.45, 2.75) is 25.0 Å². The Hall–Kier alpha value is -1.88. The van der Waals surface area contributed by atoms with Gasteiger partial charge in [0.15, 0.2) is 0 Å². The predicted octanol–water partition coefficient (Wildman–Crippen LogP) is 1.21. The molecule has 2 unspecified atom stereocenters. The Morgan fingerprint density at radius 3 is 2.55 bits per heavy atom. The SMILES string of the molecule is CN1C(=O)C(=O)c2ccc(N3CC4CCC(C3)O4)cc21. The number of morpholine rings is 1. The number of carbonyl (C=O) groups is 2. The van der Waals surface area contributed by atoms with E-state index in [9.17, 15) is 9.59 Å².